The monoisotopic (exact) mass is 297 g/mol. The van der Waals surface area contributed by atoms with Gasteiger partial charge in [0, 0.05) is 13.1 Å². The van der Waals surface area contributed by atoms with E-state index < -0.39 is 0 Å². The van der Waals surface area contributed by atoms with Crippen molar-refractivity contribution in [1.82, 2.24) is 4.90 Å². The highest BCUT2D eigenvalue weighted by Crippen LogP contribution is 2.15. The molecule has 0 heterocycles. The van der Waals surface area contributed by atoms with Crippen LogP contribution >= 0.6 is 0 Å². The fourth-order valence-electron chi connectivity index (χ4n) is 2.35. The SMILES string of the molecule is CCN(CC)C(=O)COc1ccc(Cc2ccccc2)cc1. The van der Waals surface area contributed by atoms with Crippen LogP contribution in [0.2, 0.25) is 0 Å². The van der Waals surface area contributed by atoms with Gasteiger partial charge in [-0.25, -0.2) is 0 Å². The van der Waals surface area contributed by atoms with Crippen LogP contribution in [0, 0.1) is 0 Å². The molecule has 1 amide bonds. The lowest BCUT2D eigenvalue weighted by Gasteiger charge is -2.18. The van der Waals surface area contributed by atoms with Crippen molar-refractivity contribution in [2.75, 3.05) is 19.7 Å². The Balaban J connectivity index is 1.88. The number of hydrogen-bond donors (Lipinski definition) is 0. The maximum absolute atomic E-state index is 11.9. The third kappa shape index (κ3) is 4.62. The van der Waals surface area contributed by atoms with Crippen LogP contribution in [0.3, 0.4) is 0 Å². The van der Waals surface area contributed by atoms with Crippen molar-refractivity contribution in [3.8, 4) is 5.75 Å². The van der Waals surface area contributed by atoms with Gasteiger partial charge in [0.05, 0.1) is 0 Å². The molecule has 2 rings (SSSR count). The molecule has 3 heteroatoms. The third-order valence-electron chi connectivity index (χ3n) is 3.65. The number of amides is 1. The summed E-state index contributed by atoms with van der Waals surface area (Å²) in [7, 11) is 0. The molecule has 0 unspecified atom stereocenters. The number of hydrogen-bond acceptors (Lipinski definition) is 2. The van der Waals surface area contributed by atoms with Gasteiger partial charge >= 0.3 is 0 Å². The van der Waals surface area contributed by atoms with Gasteiger partial charge in [-0.1, -0.05) is 42.5 Å². The Morgan fingerprint density at radius 1 is 0.909 bits per heavy atom. The van der Waals surface area contributed by atoms with E-state index in [-0.39, 0.29) is 12.5 Å². The molecule has 0 bridgehead atoms. The van der Waals surface area contributed by atoms with E-state index in [0.29, 0.717) is 13.1 Å². The second-order valence-electron chi connectivity index (χ2n) is 5.16. The minimum Gasteiger partial charge on any atom is -0.484 e. The Kier molecular flexibility index (Phi) is 6.01. The van der Waals surface area contributed by atoms with Gasteiger partial charge in [0.15, 0.2) is 6.61 Å². The predicted molar refractivity (Wildman–Crippen MR) is 89.1 cm³/mol. The quantitative estimate of drug-likeness (QED) is 0.782. The normalized spacial score (nSPS) is 10.3. The van der Waals surface area contributed by atoms with Crippen LogP contribution in [-0.4, -0.2) is 30.5 Å². The van der Waals surface area contributed by atoms with Crippen molar-refractivity contribution >= 4 is 5.91 Å². The van der Waals surface area contributed by atoms with E-state index in [1.54, 1.807) is 4.90 Å². The molecule has 116 valence electrons. The molecule has 0 N–H and O–H groups in total. The lowest BCUT2D eigenvalue weighted by molar-refractivity contribution is -0.132. The number of likely N-dealkylation sites (N-methyl/N-ethyl adjacent to an activating group) is 1. The van der Waals surface area contributed by atoms with Gasteiger partial charge < -0.3 is 9.64 Å². The van der Waals surface area contributed by atoms with E-state index in [1.165, 1.54) is 11.1 Å². The molecule has 0 aromatic heterocycles. The zero-order valence-electron chi connectivity index (χ0n) is 13.3. The molecule has 3 nitrogen and oxygen atoms in total. The number of nitrogens with zero attached hydrogens (tertiary/aromatic N) is 1. The summed E-state index contributed by atoms with van der Waals surface area (Å²) in [5, 5.41) is 0. The maximum atomic E-state index is 11.9. The second kappa shape index (κ2) is 8.23. The molecule has 2 aromatic rings. The lowest BCUT2D eigenvalue weighted by Crippen LogP contribution is -2.34. The minimum absolute atomic E-state index is 0.0263. The van der Waals surface area contributed by atoms with Gasteiger partial charge in [-0.15, -0.1) is 0 Å². The summed E-state index contributed by atoms with van der Waals surface area (Å²) in [4.78, 5) is 13.7. The highest BCUT2D eigenvalue weighted by molar-refractivity contribution is 5.77. The fourth-order valence-corrected chi connectivity index (χ4v) is 2.35. The van der Waals surface area contributed by atoms with Crippen molar-refractivity contribution in [1.29, 1.82) is 0 Å². The summed E-state index contributed by atoms with van der Waals surface area (Å²) in [5.41, 5.74) is 2.52. The van der Waals surface area contributed by atoms with Crippen LogP contribution in [0.1, 0.15) is 25.0 Å². The van der Waals surface area contributed by atoms with Crippen LogP contribution in [0.5, 0.6) is 5.75 Å². The fraction of sp³-hybridized carbons (Fsp3) is 0.316. The topological polar surface area (TPSA) is 29.5 Å². The van der Waals surface area contributed by atoms with Gasteiger partial charge in [0.25, 0.3) is 5.91 Å². The summed E-state index contributed by atoms with van der Waals surface area (Å²) >= 11 is 0. The van der Waals surface area contributed by atoms with Crippen molar-refractivity contribution in [3.63, 3.8) is 0 Å². The van der Waals surface area contributed by atoms with Gasteiger partial charge in [0.2, 0.25) is 0 Å². The average molecular weight is 297 g/mol. The Morgan fingerprint density at radius 2 is 1.50 bits per heavy atom. The number of carbonyl (C=O) groups excluding carboxylic acids is 1. The van der Waals surface area contributed by atoms with E-state index in [1.807, 2.05) is 56.3 Å². The lowest BCUT2D eigenvalue weighted by atomic mass is 10.1. The summed E-state index contributed by atoms with van der Waals surface area (Å²) in [6.45, 7) is 5.47. The Labute approximate surface area is 132 Å². The standard InChI is InChI=1S/C19H23NO2/c1-3-20(4-2)19(21)15-22-18-12-10-17(11-13-18)14-16-8-6-5-7-9-16/h5-13H,3-4,14-15H2,1-2H3. The first-order chi connectivity index (χ1) is 10.7. The van der Waals surface area contributed by atoms with Gasteiger partial charge in [-0.05, 0) is 43.5 Å². The van der Waals surface area contributed by atoms with Crippen molar-refractivity contribution in [2.24, 2.45) is 0 Å². The zero-order valence-corrected chi connectivity index (χ0v) is 13.3. The van der Waals surface area contributed by atoms with E-state index in [9.17, 15) is 4.79 Å². The molecule has 0 fully saturated rings. The first-order valence-corrected chi connectivity index (χ1v) is 7.76. The first-order valence-electron chi connectivity index (χ1n) is 7.76. The van der Waals surface area contributed by atoms with Crippen LogP contribution < -0.4 is 4.74 Å². The Hall–Kier alpha value is -2.29. The summed E-state index contributed by atoms with van der Waals surface area (Å²) in [6.07, 6.45) is 0.902. The molecule has 0 aliphatic rings. The molecule has 0 saturated carbocycles. The molecule has 0 radical (unpaired) electrons. The Bertz CT molecular complexity index is 574. The molecular weight excluding hydrogens is 274 g/mol. The Morgan fingerprint density at radius 3 is 2.09 bits per heavy atom. The summed E-state index contributed by atoms with van der Waals surface area (Å²) in [6, 6.07) is 18.3. The molecule has 0 spiro atoms. The van der Waals surface area contributed by atoms with E-state index in [2.05, 4.69) is 12.1 Å². The zero-order chi connectivity index (χ0) is 15.8. The van der Waals surface area contributed by atoms with Crippen molar-refractivity contribution in [2.45, 2.75) is 20.3 Å². The molecule has 0 aliphatic carbocycles. The number of rotatable bonds is 7. The summed E-state index contributed by atoms with van der Waals surface area (Å²) < 4.78 is 5.57. The van der Waals surface area contributed by atoms with Crippen molar-refractivity contribution < 1.29 is 9.53 Å². The smallest absolute Gasteiger partial charge is 0.260 e. The number of ether oxygens (including phenoxy) is 1. The molecule has 2 aromatic carbocycles. The minimum atomic E-state index is 0.0263. The van der Waals surface area contributed by atoms with Crippen LogP contribution in [0.4, 0.5) is 0 Å². The van der Waals surface area contributed by atoms with E-state index in [0.717, 1.165) is 12.2 Å². The molecule has 0 atom stereocenters. The van der Waals surface area contributed by atoms with E-state index >= 15 is 0 Å². The second-order valence-corrected chi connectivity index (χ2v) is 5.16. The first kappa shape index (κ1) is 16.1. The number of benzene rings is 2. The van der Waals surface area contributed by atoms with Crippen LogP contribution in [0.25, 0.3) is 0 Å². The van der Waals surface area contributed by atoms with Gasteiger partial charge in [-0.3, -0.25) is 4.79 Å². The third-order valence-corrected chi connectivity index (χ3v) is 3.65. The number of carbonyl (C=O) groups is 1. The highest BCUT2D eigenvalue weighted by Gasteiger charge is 2.09. The molecule has 0 aliphatic heterocycles. The largest absolute Gasteiger partial charge is 0.484 e. The summed E-state index contributed by atoms with van der Waals surface area (Å²) in [5.74, 6) is 0.760. The van der Waals surface area contributed by atoms with Crippen molar-refractivity contribution in [3.05, 3.63) is 65.7 Å². The predicted octanol–water partition coefficient (Wildman–Crippen LogP) is 3.52. The molecule has 22 heavy (non-hydrogen) atoms. The van der Waals surface area contributed by atoms with Crippen LogP contribution in [-0.2, 0) is 11.2 Å². The van der Waals surface area contributed by atoms with Crippen LogP contribution in [0.15, 0.2) is 54.6 Å². The average Bonchev–Trinajstić information content (AvgIpc) is 2.56. The van der Waals surface area contributed by atoms with E-state index in [4.69, 9.17) is 4.74 Å². The molecular formula is C19H23NO2. The maximum Gasteiger partial charge on any atom is 0.260 e. The molecule has 0 saturated heterocycles. The highest BCUT2D eigenvalue weighted by atomic mass is 16.5. The van der Waals surface area contributed by atoms with Gasteiger partial charge in [0.1, 0.15) is 5.75 Å². The van der Waals surface area contributed by atoms with Gasteiger partial charge in [-0.2, -0.15) is 0 Å².